The van der Waals surface area contributed by atoms with Crippen molar-refractivity contribution in [2.24, 2.45) is 11.8 Å². The van der Waals surface area contributed by atoms with Crippen molar-refractivity contribution in [1.29, 1.82) is 0 Å². The number of hydrogen-bond donors (Lipinski definition) is 1. The molecule has 2 aliphatic heterocycles. The van der Waals surface area contributed by atoms with Crippen molar-refractivity contribution in [3.8, 4) is 0 Å². The number of urea groups is 1. The minimum atomic E-state index is -0.678. The van der Waals surface area contributed by atoms with Gasteiger partial charge < -0.3 is 19.5 Å². The summed E-state index contributed by atoms with van der Waals surface area (Å²) < 4.78 is 7.94. The highest BCUT2D eigenvalue weighted by Gasteiger charge is 2.53. The van der Waals surface area contributed by atoms with Gasteiger partial charge in [0.25, 0.3) is 0 Å². The number of carbonyl (C=O) groups is 3. The van der Waals surface area contributed by atoms with E-state index in [1.54, 1.807) is 16.2 Å². The zero-order valence-electron chi connectivity index (χ0n) is 27.7. The number of piperazine rings is 1. The maximum atomic E-state index is 14.6. The number of hydrogen-bond acceptors (Lipinski definition) is 5. The van der Waals surface area contributed by atoms with Crippen LogP contribution in [0.5, 0.6) is 0 Å². The highest BCUT2D eigenvalue weighted by molar-refractivity contribution is 14.1. The second kappa shape index (κ2) is 14.1. The predicted molar refractivity (Wildman–Crippen MR) is 206 cm³/mol. The molecule has 2 fully saturated rings. The van der Waals surface area contributed by atoms with Crippen LogP contribution in [0.4, 0.5) is 4.79 Å². The summed E-state index contributed by atoms with van der Waals surface area (Å²) in [6, 6.07) is 21.3. The fourth-order valence-corrected chi connectivity index (χ4v) is 8.39. The molecule has 1 aliphatic carbocycles. The van der Waals surface area contributed by atoms with Crippen LogP contribution in [0.2, 0.25) is 0 Å². The lowest BCUT2D eigenvalue weighted by Gasteiger charge is -2.47. The van der Waals surface area contributed by atoms with Crippen molar-refractivity contribution in [3.05, 3.63) is 102 Å². The number of amides is 4. The summed E-state index contributed by atoms with van der Waals surface area (Å²) in [5.74, 6) is -0.0585. The van der Waals surface area contributed by atoms with E-state index in [1.165, 1.54) is 0 Å². The van der Waals surface area contributed by atoms with Gasteiger partial charge >= 0.3 is 6.03 Å². The first kappa shape index (κ1) is 34.0. The van der Waals surface area contributed by atoms with Crippen LogP contribution in [-0.4, -0.2) is 69.0 Å². The van der Waals surface area contributed by atoms with Gasteiger partial charge in [-0.3, -0.25) is 14.6 Å². The van der Waals surface area contributed by atoms with Crippen LogP contribution in [0.3, 0.4) is 0 Å². The number of rotatable bonds is 8. The Balaban J connectivity index is 1.21. The first-order valence-electron chi connectivity index (χ1n) is 16.7. The first-order chi connectivity index (χ1) is 23.6. The monoisotopic (exact) mass is 883 g/mol. The first-order valence-corrected chi connectivity index (χ1v) is 18.9. The topological polar surface area (TPSA) is 89.3 Å². The van der Waals surface area contributed by atoms with Gasteiger partial charge in [0.2, 0.25) is 11.8 Å². The van der Waals surface area contributed by atoms with Gasteiger partial charge in [-0.25, -0.2) is 4.79 Å². The highest BCUT2D eigenvalue weighted by Crippen LogP contribution is 2.35. The van der Waals surface area contributed by atoms with E-state index in [0.29, 0.717) is 19.5 Å². The maximum Gasteiger partial charge on any atom is 0.332 e. The van der Waals surface area contributed by atoms with Crippen molar-refractivity contribution in [2.45, 2.75) is 58.5 Å². The fourth-order valence-electron chi connectivity index (χ4n) is 7.47. The Hall–Kier alpha value is -3.43. The number of fused-ring (bicyclic) bond motifs is 3. The molecule has 49 heavy (non-hydrogen) atoms. The minimum absolute atomic E-state index is 0.0194. The van der Waals surface area contributed by atoms with E-state index in [4.69, 9.17) is 4.42 Å². The van der Waals surface area contributed by atoms with Gasteiger partial charge in [-0.1, -0.05) is 61.5 Å². The average molecular weight is 884 g/mol. The summed E-state index contributed by atoms with van der Waals surface area (Å²) in [6.45, 7) is 7.12. The van der Waals surface area contributed by atoms with E-state index in [-0.39, 0.29) is 48.8 Å². The SMILES string of the molecule is CC1C=c2occc2=CC1C[C@H]1C(=O)N(Cc2cccc3ccccc23)C[C@H]2N1C(=O)CN2N(C(=O)NCc1ccc(I)c(I)c1)C(C)C. The molecule has 11 heteroatoms. The number of hydrazine groups is 1. The van der Waals surface area contributed by atoms with Crippen molar-refractivity contribution in [1.82, 2.24) is 25.1 Å². The summed E-state index contributed by atoms with van der Waals surface area (Å²) >= 11 is 4.60. The molecule has 4 aromatic rings. The molecule has 1 aromatic heterocycles. The van der Waals surface area contributed by atoms with Crippen LogP contribution in [0.15, 0.2) is 77.4 Å². The van der Waals surface area contributed by atoms with Gasteiger partial charge in [0.15, 0.2) is 0 Å². The van der Waals surface area contributed by atoms with Gasteiger partial charge in [0.1, 0.15) is 17.6 Å². The number of benzene rings is 3. The standard InChI is InChI=1S/C38H39I2N5O4/c1-23(2)45(38(48)41-19-25-11-12-31(39)32(40)16-25)43-22-36(46)44-33(18-29-17-27-13-14-49-34(27)15-24(29)3)37(47)42(21-35(43)44)20-28-9-6-8-26-7-4-5-10-30(26)28/h4-17,23-24,29,33,35H,18-22H2,1-3H3,(H,41,48)/t24?,29?,33-,35+/m0/s1. The fraction of sp³-hybridized carbons (Fsp3) is 0.342. The molecule has 3 aromatic carbocycles. The van der Waals surface area contributed by atoms with Crippen LogP contribution < -0.4 is 16.0 Å². The molecule has 2 saturated heterocycles. The molecule has 0 saturated carbocycles. The summed E-state index contributed by atoms with van der Waals surface area (Å²) in [4.78, 5) is 46.2. The molecule has 254 valence electrons. The second-order valence-electron chi connectivity index (χ2n) is 13.4. The smallest absolute Gasteiger partial charge is 0.332 e. The molecule has 9 nitrogen and oxygen atoms in total. The molecule has 1 N–H and O–H groups in total. The van der Waals surface area contributed by atoms with Crippen LogP contribution in [0.25, 0.3) is 22.9 Å². The van der Waals surface area contributed by atoms with Crippen molar-refractivity contribution in [3.63, 3.8) is 0 Å². The molecule has 0 radical (unpaired) electrons. The maximum absolute atomic E-state index is 14.6. The Morgan fingerprint density at radius 3 is 2.61 bits per heavy atom. The third-order valence-corrected chi connectivity index (χ3v) is 12.8. The lowest BCUT2D eigenvalue weighted by Crippen LogP contribution is -2.66. The molecule has 0 bridgehead atoms. The van der Waals surface area contributed by atoms with Crippen LogP contribution in [0.1, 0.15) is 38.3 Å². The lowest BCUT2D eigenvalue weighted by atomic mass is 9.83. The molecule has 3 aliphatic rings. The Kier molecular flexibility index (Phi) is 9.77. The van der Waals surface area contributed by atoms with Crippen LogP contribution >= 0.6 is 45.2 Å². The van der Waals surface area contributed by atoms with Crippen LogP contribution in [-0.2, 0) is 22.7 Å². The van der Waals surface area contributed by atoms with Gasteiger partial charge in [-0.15, -0.1) is 0 Å². The van der Waals surface area contributed by atoms with Crippen molar-refractivity contribution in [2.75, 3.05) is 13.1 Å². The zero-order chi connectivity index (χ0) is 34.4. The number of furan rings is 1. The normalized spacial score (nSPS) is 22.2. The largest absolute Gasteiger partial charge is 0.465 e. The van der Waals surface area contributed by atoms with E-state index in [2.05, 4.69) is 99.9 Å². The molecule has 4 amide bonds. The minimum Gasteiger partial charge on any atom is -0.465 e. The van der Waals surface area contributed by atoms with Gasteiger partial charge in [0, 0.05) is 31.5 Å². The highest BCUT2D eigenvalue weighted by atomic mass is 127. The van der Waals surface area contributed by atoms with Gasteiger partial charge in [0.05, 0.1) is 19.4 Å². The van der Waals surface area contributed by atoms with E-state index < -0.39 is 12.2 Å². The van der Waals surface area contributed by atoms with E-state index >= 15 is 0 Å². The van der Waals surface area contributed by atoms with Gasteiger partial charge in [-0.05, 0) is 123 Å². The Bertz CT molecular complexity index is 2040. The van der Waals surface area contributed by atoms with Crippen molar-refractivity contribution < 1.29 is 18.8 Å². The summed E-state index contributed by atoms with van der Waals surface area (Å²) in [7, 11) is 0. The Morgan fingerprint density at radius 2 is 1.82 bits per heavy atom. The number of carbonyl (C=O) groups excluding carboxylic acids is 3. The van der Waals surface area contributed by atoms with Crippen molar-refractivity contribution >= 4 is 86.0 Å². The third kappa shape index (κ3) is 6.73. The number of nitrogens with one attached hydrogen (secondary N) is 1. The predicted octanol–water partition coefficient (Wildman–Crippen LogP) is 5.28. The molecule has 3 heterocycles. The number of nitrogens with zero attached hydrogens (tertiary/aromatic N) is 4. The van der Waals surface area contributed by atoms with Gasteiger partial charge in [-0.2, -0.15) is 5.01 Å². The quantitative estimate of drug-likeness (QED) is 0.244. The molecule has 0 spiro atoms. The van der Waals surface area contributed by atoms with E-state index in [9.17, 15) is 14.4 Å². The average Bonchev–Trinajstić information content (AvgIpc) is 3.66. The second-order valence-corrected chi connectivity index (χ2v) is 15.8. The zero-order valence-corrected chi connectivity index (χ0v) is 32.0. The summed E-state index contributed by atoms with van der Waals surface area (Å²) in [5.41, 5.74) is 2.89. The molecule has 2 unspecified atom stereocenters. The molecular formula is C38H39I2N5O4. The van der Waals surface area contributed by atoms with E-state index in [1.807, 2.05) is 60.2 Å². The molecule has 4 atom stereocenters. The Labute approximate surface area is 313 Å². The summed E-state index contributed by atoms with van der Waals surface area (Å²) in [6.07, 6.45) is 5.95. The lowest BCUT2D eigenvalue weighted by molar-refractivity contribution is -0.159. The molecular weight excluding hydrogens is 844 g/mol. The number of halogens is 2. The Morgan fingerprint density at radius 1 is 1.02 bits per heavy atom. The van der Waals surface area contributed by atoms with E-state index in [0.717, 1.165) is 39.7 Å². The van der Waals surface area contributed by atoms with Crippen LogP contribution in [0, 0.1) is 19.0 Å². The molecule has 7 rings (SSSR count). The summed E-state index contributed by atoms with van der Waals surface area (Å²) in [5, 5.41) is 9.87. The third-order valence-electron chi connectivity index (χ3n) is 9.92.